The number of anilines is 1. The van der Waals surface area contributed by atoms with Crippen LogP contribution in [0.1, 0.15) is 31.6 Å². The van der Waals surface area contributed by atoms with Gasteiger partial charge in [-0.05, 0) is 62.6 Å². The van der Waals surface area contributed by atoms with Gasteiger partial charge in [-0.1, -0.05) is 33.2 Å². The summed E-state index contributed by atoms with van der Waals surface area (Å²) in [6, 6.07) is 12.3. The molecule has 3 heterocycles. The van der Waals surface area contributed by atoms with E-state index in [0.29, 0.717) is 49.3 Å². The Kier molecular flexibility index (Phi) is 8.12. The first-order valence-electron chi connectivity index (χ1n) is 12.6. The number of hydrogen-bond donors (Lipinski definition) is 1. The summed E-state index contributed by atoms with van der Waals surface area (Å²) in [6.45, 7) is 2.80. The van der Waals surface area contributed by atoms with Gasteiger partial charge in [0.15, 0.2) is 0 Å². The second-order valence-corrected chi connectivity index (χ2v) is 12.4. The molecule has 2 aromatic carbocycles. The predicted octanol–water partition coefficient (Wildman–Crippen LogP) is 4.14. The smallest absolute Gasteiger partial charge is 0.243 e. The van der Waals surface area contributed by atoms with Crippen molar-refractivity contribution in [2.75, 3.05) is 38.6 Å². The maximum absolute atomic E-state index is 13.3. The second kappa shape index (κ2) is 11.5. The first-order chi connectivity index (χ1) is 18.3. The zero-order valence-corrected chi connectivity index (χ0v) is 23.5. The van der Waals surface area contributed by atoms with Crippen LogP contribution in [-0.4, -0.2) is 67.0 Å². The van der Waals surface area contributed by atoms with E-state index < -0.39 is 10.0 Å². The van der Waals surface area contributed by atoms with Crippen LogP contribution in [0, 0.1) is 5.92 Å². The molecule has 0 spiro atoms. The third-order valence-electron chi connectivity index (χ3n) is 6.92. The number of carbonyl (C=O) groups excluding carboxylic acids is 1. The Labute approximate surface area is 230 Å². The first-order valence-corrected chi connectivity index (χ1v) is 14.9. The molecule has 1 aromatic heterocycles. The number of piperidine rings is 1. The van der Waals surface area contributed by atoms with Gasteiger partial charge < -0.3 is 14.6 Å². The summed E-state index contributed by atoms with van der Waals surface area (Å²) in [4.78, 5) is 20.1. The van der Waals surface area contributed by atoms with E-state index in [1.807, 2.05) is 24.3 Å². The summed E-state index contributed by atoms with van der Waals surface area (Å²) in [5, 5.41) is 7.02. The fourth-order valence-electron chi connectivity index (χ4n) is 4.93. The topological polar surface area (TPSA) is 118 Å². The fraction of sp³-hybridized carbons (Fsp3) is 0.423. The molecule has 2 saturated heterocycles. The van der Waals surface area contributed by atoms with Crippen molar-refractivity contribution >= 4 is 37.5 Å². The summed E-state index contributed by atoms with van der Waals surface area (Å²) in [5.74, 6) is 0.965. The average molecular weight is 605 g/mol. The number of ether oxygens (including phenoxy) is 1. The minimum absolute atomic E-state index is 0.151. The molecule has 12 heteroatoms. The monoisotopic (exact) mass is 603 g/mol. The van der Waals surface area contributed by atoms with Crippen LogP contribution in [0.15, 0.2) is 56.4 Å². The number of benzene rings is 2. The van der Waals surface area contributed by atoms with Gasteiger partial charge in [0.2, 0.25) is 27.6 Å². The molecule has 0 bridgehead atoms. The number of likely N-dealkylation sites (tertiary alicyclic amines) is 1. The third kappa shape index (κ3) is 5.93. The van der Waals surface area contributed by atoms with Crippen LogP contribution in [-0.2, 0) is 21.4 Å². The predicted molar refractivity (Wildman–Crippen MR) is 145 cm³/mol. The normalized spacial score (nSPS) is 18.9. The number of hydrogen-bond acceptors (Lipinski definition) is 8. The fourth-order valence-corrected chi connectivity index (χ4v) is 6.87. The molecule has 5 rings (SSSR count). The number of rotatable bonds is 8. The number of sulfonamides is 1. The molecular formula is C26H30BrN5O5S. The summed E-state index contributed by atoms with van der Waals surface area (Å²) in [6.07, 6.45) is 3.27. The van der Waals surface area contributed by atoms with E-state index in [1.165, 1.54) is 23.5 Å². The molecule has 1 unspecified atom stereocenters. The minimum Gasteiger partial charge on any atom is -0.495 e. The standard InChI is InChI=1S/C26H30BrN5O5S/c1-36-23-10-9-21(38(34,35)32-12-2-3-13-32)15-22(23)28-26(33)19-7-5-11-31(16-19)17-24-29-25(30-37-24)18-6-4-8-20(27)14-18/h4,6,8-10,14-15,19H,2-3,5,7,11-13,16-17H2,1H3,(H,28,33). The molecule has 2 aliphatic rings. The van der Waals surface area contributed by atoms with Crippen LogP contribution in [0.3, 0.4) is 0 Å². The lowest BCUT2D eigenvalue weighted by Crippen LogP contribution is -2.40. The highest BCUT2D eigenvalue weighted by Gasteiger charge is 2.30. The Morgan fingerprint density at radius 2 is 1.97 bits per heavy atom. The highest BCUT2D eigenvalue weighted by molar-refractivity contribution is 9.10. The van der Waals surface area contributed by atoms with Crippen molar-refractivity contribution in [2.45, 2.75) is 37.1 Å². The lowest BCUT2D eigenvalue weighted by molar-refractivity contribution is -0.121. The molecule has 2 fully saturated rings. The molecule has 0 saturated carbocycles. The Morgan fingerprint density at radius 3 is 2.74 bits per heavy atom. The van der Waals surface area contributed by atoms with E-state index in [4.69, 9.17) is 9.26 Å². The first kappa shape index (κ1) is 26.8. The molecule has 1 amide bonds. The number of aromatic nitrogens is 2. The number of nitrogens with one attached hydrogen (secondary N) is 1. The summed E-state index contributed by atoms with van der Waals surface area (Å²) in [5.41, 5.74) is 1.21. The summed E-state index contributed by atoms with van der Waals surface area (Å²) in [7, 11) is -2.12. The number of amides is 1. The van der Waals surface area contributed by atoms with Gasteiger partial charge in [-0.15, -0.1) is 0 Å². The quantitative estimate of drug-likeness (QED) is 0.408. The maximum Gasteiger partial charge on any atom is 0.243 e. The summed E-state index contributed by atoms with van der Waals surface area (Å²) >= 11 is 3.46. The minimum atomic E-state index is -3.62. The molecule has 38 heavy (non-hydrogen) atoms. The van der Waals surface area contributed by atoms with Crippen LogP contribution in [0.4, 0.5) is 5.69 Å². The highest BCUT2D eigenvalue weighted by atomic mass is 79.9. The van der Waals surface area contributed by atoms with Crippen LogP contribution < -0.4 is 10.1 Å². The molecule has 2 aliphatic heterocycles. The molecule has 1 atom stereocenters. The van der Waals surface area contributed by atoms with Crippen LogP contribution in [0.5, 0.6) is 5.75 Å². The zero-order valence-electron chi connectivity index (χ0n) is 21.1. The Morgan fingerprint density at radius 1 is 1.16 bits per heavy atom. The van der Waals surface area contributed by atoms with Crippen LogP contribution >= 0.6 is 15.9 Å². The average Bonchev–Trinajstić information content (AvgIpc) is 3.62. The van der Waals surface area contributed by atoms with Crippen molar-refractivity contribution in [1.29, 1.82) is 0 Å². The number of halogens is 1. The van der Waals surface area contributed by atoms with Gasteiger partial charge in [0.05, 0.1) is 30.2 Å². The highest BCUT2D eigenvalue weighted by Crippen LogP contribution is 2.31. The van der Waals surface area contributed by atoms with Gasteiger partial charge in [0, 0.05) is 29.7 Å². The lowest BCUT2D eigenvalue weighted by atomic mass is 9.97. The van der Waals surface area contributed by atoms with E-state index in [2.05, 4.69) is 36.3 Å². The zero-order chi connectivity index (χ0) is 26.7. The molecule has 0 aliphatic carbocycles. The third-order valence-corrected chi connectivity index (χ3v) is 9.31. The number of nitrogens with zero attached hydrogens (tertiary/aromatic N) is 4. The van der Waals surface area contributed by atoms with Gasteiger partial charge in [0.1, 0.15) is 5.75 Å². The van der Waals surface area contributed by atoms with Crippen molar-refractivity contribution in [3.05, 3.63) is 52.8 Å². The molecule has 10 nitrogen and oxygen atoms in total. The van der Waals surface area contributed by atoms with Gasteiger partial charge in [-0.3, -0.25) is 9.69 Å². The Bertz CT molecular complexity index is 1410. The lowest BCUT2D eigenvalue weighted by Gasteiger charge is -2.31. The van der Waals surface area contributed by atoms with Crippen molar-refractivity contribution in [3.63, 3.8) is 0 Å². The number of carbonyl (C=O) groups is 1. The van der Waals surface area contributed by atoms with Gasteiger partial charge in [0.25, 0.3) is 0 Å². The largest absolute Gasteiger partial charge is 0.495 e. The van der Waals surface area contributed by atoms with E-state index in [0.717, 1.165) is 42.3 Å². The van der Waals surface area contributed by atoms with E-state index in [1.54, 1.807) is 6.07 Å². The molecule has 202 valence electrons. The Hall–Kier alpha value is -2.80. The molecule has 3 aromatic rings. The Balaban J connectivity index is 1.25. The van der Waals surface area contributed by atoms with E-state index >= 15 is 0 Å². The van der Waals surface area contributed by atoms with Gasteiger partial charge in [-0.2, -0.15) is 9.29 Å². The van der Waals surface area contributed by atoms with Gasteiger partial charge in [-0.25, -0.2) is 8.42 Å². The van der Waals surface area contributed by atoms with Crippen LogP contribution in [0.25, 0.3) is 11.4 Å². The SMILES string of the molecule is COc1ccc(S(=O)(=O)N2CCCC2)cc1NC(=O)C1CCCN(Cc2nc(-c3cccc(Br)c3)no2)C1. The van der Waals surface area contributed by atoms with Crippen molar-refractivity contribution < 1.29 is 22.5 Å². The van der Waals surface area contributed by atoms with E-state index in [-0.39, 0.29) is 16.7 Å². The summed E-state index contributed by atoms with van der Waals surface area (Å²) < 4.78 is 39.4. The maximum atomic E-state index is 13.3. The molecular weight excluding hydrogens is 574 g/mol. The van der Waals surface area contributed by atoms with E-state index in [9.17, 15) is 13.2 Å². The van der Waals surface area contributed by atoms with Gasteiger partial charge >= 0.3 is 0 Å². The van der Waals surface area contributed by atoms with Crippen molar-refractivity contribution in [1.82, 2.24) is 19.3 Å². The second-order valence-electron chi connectivity index (χ2n) is 9.56. The molecule has 0 radical (unpaired) electrons. The van der Waals surface area contributed by atoms with Crippen molar-refractivity contribution in [2.24, 2.45) is 5.92 Å². The van der Waals surface area contributed by atoms with Crippen LogP contribution in [0.2, 0.25) is 0 Å². The molecule has 1 N–H and O–H groups in total. The number of methoxy groups -OCH3 is 1. The van der Waals surface area contributed by atoms with Crippen molar-refractivity contribution in [3.8, 4) is 17.1 Å².